The number of aryl methyl sites for hydroxylation is 1. The van der Waals surface area contributed by atoms with Crippen LogP contribution < -0.4 is 5.32 Å². The van der Waals surface area contributed by atoms with Gasteiger partial charge < -0.3 is 5.32 Å². The Labute approximate surface area is 195 Å². The van der Waals surface area contributed by atoms with Crippen LogP contribution in [0.1, 0.15) is 42.1 Å². The molecule has 5 nitrogen and oxygen atoms in total. The smallest absolute Gasteiger partial charge is 0.283 e. The maximum absolute atomic E-state index is 13.2. The molecule has 0 aliphatic heterocycles. The van der Waals surface area contributed by atoms with E-state index in [-0.39, 0.29) is 24.1 Å². The maximum atomic E-state index is 13.2. The molecule has 2 heterocycles. The molecule has 0 saturated heterocycles. The molecule has 0 unspecified atom stereocenters. The highest BCUT2D eigenvalue weighted by atomic mass is 79.9. The summed E-state index contributed by atoms with van der Waals surface area (Å²) in [7, 11) is 0. The lowest BCUT2D eigenvalue weighted by Crippen LogP contribution is -2.21. The lowest BCUT2D eigenvalue weighted by Gasteiger charge is -2.09. The number of aromatic nitrogens is 3. The fourth-order valence-corrected chi connectivity index (χ4v) is 5.52. The number of nitrogens with one attached hydrogen (secondary N) is 1. The van der Waals surface area contributed by atoms with E-state index < -0.39 is 6.43 Å². The van der Waals surface area contributed by atoms with Crippen LogP contribution in [0.4, 0.5) is 14.5 Å². The molecule has 1 amide bonds. The van der Waals surface area contributed by atoms with E-state index in [2.05, 4.69) is 44.3 Å². The minimum atomic E-state index is -2.69. The maximum Gasteiger partial charge on any atom is 0.283 e. The minimum absolute atomic E-state index is 0.115. The summed E-state index contributed by atoms with van der Waals surface area (Å²) < 4.78 is 29.3. The number of thiazole rings is 1. The van der Waals surface area contributed by atoms with Crippen LogP contribution in [0.25, 0.3) is 20.8 Å². The van der Waals surface area contributed by atoms with E-state index in [1.165, 1.54) is 10.2 Å². The van der Waals surface area contributed by atoms with E-state index in [1.54, 1.807) is 11.3 Å². The predicted molar refractivity (Wildman–Crippen MR) is 125 cm³/mol. The first-order valence-corrected chi connectivity index (χ1v) is 11.8. The van der Waals surface area contributed by atoms with Gasteiger partial charge in [0.25, 0.3) is 6.43 Å². The van der Waals surface area contributed by atoms with Crippen LogP contribution in [-0.2, 0) is 11.3 Å². The van der Waals surface area contributed by atoms with Gasteiger partial charge in [-0.1, -0.05) is 6.07 Å². The number of alkyl halides is 2. The summed E-state index contributed by atoms with van der Waals surface area (Å²) in [6.45, 7) is 1.94. The number of benzene rings is 2. The largest absolute Gasteiger partial charge is 0.324 e. The molecule has 0 atom stereocenters. The Bertz CT molecular complexity index is 1310. The van der Waals surface area contributed by atoms with Gasteiger partial charge in [0, 0.05) is 17.2 Å². The normalized spacial score (nSPS) is 13.8. The highest BCUT2D eigenvalue weighted by Gasteiger charge is 2.34. The first kappa shape index (κ1) is 21.2. The standard InChI is InChI=1S/C23H19BrF2N4OS/c1-12-2-9-16-17(10-12)32-23(28-16)14-5-7-15(8-6-14)27-18(31)11-30-21(13-3-4-13)19(24)20(29-30)22(25)26/h2,5-10,13,22H,3-4,11H2,1H3,(H,27,31). The molecule has 5 rings (SSSR count). The van der Waals surface area contributed by atoms with Crippen molar-refractivity contribution in [2.45, 2.75) is 38.7 Å². The summed E-state index contributed by atoms with van der Waals surface area (Å²) in [6, 6.07) is 13.6. The van der Waals surface area contributed by atoms with Crippen LogP contribution in [0.15, 0.2) is 46.9 Å². The molecule has 1 aliphatic carbocycles. The Morgan fingerprint density at radius 2 is 2.00 bits per heavy atom. The van der Waals surface area contributed by atoms with Crippen molar-refractivity contribution in [1.29, 1.82) is 0 Å². The molecule has 1 saturated carbocycles. The quantitative estimate of drug-likeness (QED) is 0.310. The van der Waals surface area contributed by atoms with Gasteiger partial charge in [-0.05, 0) is 77.7 Å². The van der Waals surface area contributed by atoms with Gasteiger partial charge in [-0.2, -0.15) is 5.10 Å². The second-order valence-corrected chi connectivity index (χ2v) is 9.76. The summed E-state index contributed by atoms with van der Waals surface area (Å²) in [6.07, 6.45) is -0.854. The second-order valence-electron chi connectivity index (χ2n) is 7.93. The summed E-state index contributed by atoms with van der Waals surface area (Å²) in [5.41, 5.74) is 4.12. The third kappa shape index (κ3) is 4.19. The van der Waals surface area contributed by atoms with E-state index in [1.807, 2.05) is 36.4 Å². The number of hydrogen-bond donors (Lipinski definition) is 1. The van der Waals surface area contributed by atoms with Gasteiger partial charge in [0.1, 0.15) is 17.2 Å². The van der Waals surface area contributed by atoms with Crippen LogP contribution in [0.2, 0.25) is 0 Å². The number of hydrogen-bond acceptors (Lipinski definition) is 4. The highest BCUT2D eigenvalue weighted by molar-refractivity contribution is 9.10. The molecule has 0 bridgehead atoms. The van der Waals surface area contributed by atoms with E-state index in [4.69, 9.17) is 0 Å². The van der Waals surface area contributed by atoms with Crippen molar-refractivity contribution in [2.75, 3.05) is 5.32 Å². The second kappa shape index (κ2) is 8.37. The van der Waals surface area contributed by atoms with Crippen molar-refractivity contribution in [3.63, 3.8) is 0 Å². The van der Waals surface area contributed by atoms with Crippen molar-refractivity contribution in [3.05, 3.63) is 63.9 Å². The number of nitrogens with zero attached hydrogens (tertiary/aromatic N) is 3. The van der Waals surface area contributed by atoms with Gasteiger partial charge in [0.05, 0.1) is 20.4 Å². The molecule has 9 heteroatoms. The van der Waals surface area contributed by atoms with Crippen molar-refractivity contribution in [2.24, 2.45) is 0 Å². The minimum Gasteiger partial charge on any atom is -0.324 e. The number of halogens is 3. The number of anilines is 1. The zero-order chi connectivity index (χ0) is 22.4. The average molecular weight is 517 g/mol. The lowest BCUT2D eigenvalue weighted by atomic mass is 10.2. The van der Waals surface area contributed by atoms with E-state index in [9.17, 15) is 13.6 Å². The summed E-state index contributed by atoms with van der Waals surface area (Å²) >= 11 is 4.87. The molecule has 1 fully saturated rings. The summed E-state index contributed by atoms with van der Waals surface area (Å²) in [5, 5.41) is 7.73. The SMILES string of the molecule is Cc1ccc2nc(-c3ccc(NC(=O)Cn4nc(C(F)F)c(Br)c4C4CC4)cc3)sc2c1. The van der Waals surface area contributed by atoms with Gasteiger partial charge in [0.15, 0.2) is 0 Å². The van der Waals surface area contributed by atoms with Crippen LogP contribution >= 0.6 is 27.3 Å². The number of fused-ring (bicyclic) bond motifs is 1. The molecular formula is C23H19BrF2N4OS. The van der Waals surface area contributed by atoms with Crippen molar-refractivity contribution >= 4 is 49.1 Å². The fourth-order valence-electron chi connectivity index (χ4n) is 3.67. The van der Waals surface area contributed by atoms with Crippen LogP contribution in [0.5, 0.6) is 0 Å². The van der Waals surface area contributed by atoms with Gasteiger partial charge in [-0.25, -0.2) is 13.8 Å². The Morgan fingerprint density at radius 1 is 1.25 bits per heavy atom. The Balaban J connectivity index is 1.30. The van der Waals surface area contributed by atoms with Crippen molar-refractivity contribution in [3.8, 4) is 10.6 Å². The number of carbonyl (C=O) groups is 1. The van der Waals surface area contributed by atoms with Gasteiger partial charge >= 0.3 is 0 Å². The van der Waals surface area contributed by atoms with Crippen molar-refractivity contribution < 1.29 is 13.6 Å². The molecule has 4 aromatic rings. The molecule has 1 N–H and O–H groups in total. The molecule has 32 heavy (non-hydrogen) atoms. The molecule has 0 spiro atoms. The third-order valence-electron chi connectivity index (χ3n) is 5.38. The van der Waals surface area contributed by atoms with Crippen molar-refractivity contribution in [1.82, 2.24) is 14.8 Å². The highest BCUT2D eigenvalue weighted by Crippen LogP contribution is 2.45. The topological polar surface area (TPSA) is 59.8 Å². The van der Waals surface area contributed by atoms with Crippen LogP contribution in [0, 0.1) is 6.92 Å². The molecule has 2 aromatic carbocycles. The summed E-state index contributed by atoms with van der Waals surface area (Å²) in [4.78, 5) is 17.3. The molecular weight excluding hydrogens is 498 g/mol. The first-order chi connectivity index (χ1) is 15.4. The van der Waals surface area contributed by atoms with Crippen LogP contribution in [0.3, 0.4) is 0 Å². The van der Waals surface area contributed by atoms with Crippen LogP contribution in [-0.4, -0.2) is 20.7 Å². The molecule has 2 aromatic heterocycles. The van der Waals surface area contributed by atoms with Gasteiger partial charge in [-0.3, -0.25) is 9.48 Å². The molecule has 164 valence electrons. The number of carbonyl (C=O) groups excluding carboxylic acids is 1. The zero-order valence-corrected chi connectivity index (χ0v) is 19.5. The first-order valence-electron chi connectivity index (χ1n) is 10.2. The average Bonchev–Trinajstić information content (AvgIpc) is 3.41. The molecule has 0 radical (unpaired) electrons. The monoisotopic (exact) mass is 516 g/mol. The van der Waals surface area contributed by atoms with E-state index >= 15 is 0 Å². The van der Waals surface area contributed by atoms with E-state index in [0.717, 1.165) is 33.6 Å². The number of rotatable bonds is 6. The van der Waals surface area contributed by atoms with E-state index in [0.29, 0.717) is 15.9 Å². The number of amides is 1. The Hall–Kier alpha value is -2.65. The lowest BCUT2D eigenvalue weighted by molar-refractivity contribution is -0.117. The predicted octanol–water partition coefficient (Wildman–Crippen LogP) is 6.68. The molecule has 1 aliphatic rings. The zero-order valence-electron chi connectivity index (χ0n) is 17.1. The Kier molecular flexibility index (Phi) is 5.54. The van der Waals surface area contributed by atoms with Gasteiger partial charge in [-0.15, -0.1) is 11.3 Å². The Morgan fingerprint density at radius 3 is 2.69 bits per heavy atom. The third-order valence-corrected chi connectivity index (χ3v) is 7.26. The van der Waals surface area contributed by atoms with Gasteiger partial charge in [0.2, 0.25) is 5.91 Å². The fraction of sp³-hybridized carbons (Fsp3) is 0.261. The summed E-state index contributed by atoms with van der Waals surface area (Å²) in [5.74, 6) is -0.139.